The van der Waals surface area contributed by atoms with Crippen molar-refractivity contribution in [2.45, 2.75) is 6.92 Å². The van der Waals surface area contributed by atoms with Crippen LogP contribution in [-0.2, 0) is 9.53 Å². The van der Waals surface area contributed by atoms with Crippen LogP contribution >= 0.6 is 11.6 Å². The summed E-state index contributed by atoms with van der Waals surface area (Å²) in [4.78, 5) is 16.4. The van der Waals surface area contributed by atoms with Gasteiger partial charge in [-0.15, -0.1) is 0 Å². The second-order valence-electron chi connectivity index (χ2n) is 5.60. The van der Waals surface area contributed by atoms with E-state index in [0.29, 0.717) is 22.9 Å². The molecule has 0 amide bonds. The van der Waals surface area contributed by atoms with E-state index in [1.165, 1.54) is 0 Å². The van der Waals surface area contributed by atoms with Crippen molar-refractivity contribution < 1.29 is 14.3 Å². The third-order valence-corrected chi connectivity index (χ3v) is 3.74. The number of hydrogen-bond acceptors (Lipinski definition) is 4. The van der Waals surface area contributed by atoms with Crippen molar-refractivity contribution in [1.82, 2.24) is 0 Å². The lowest BCUT2D eigenvalue weighted by Gasteiger charge is -2.08. The van der Waals surface area contributed by atoms with E-state index < -0.39 is 5.97 Å². The average Bonchev–Trinajstić information content (AvgIpc) is 2.95. The number of carbonyl (C=O) groups is 1. The molecule has 0 aliphatic carbocycles. The fraction of sp³-hybridized carbons (Fsp3) is 0.100. The molecule has 0 saturated carbocycles. The van der Waals surface area contributed by atoms with Crippen molar-refractivity contribution >= 4 is 29.5 Å². The Balaban J connectivity index is 1.93. The summed E-state index contributed by atoms with van der Waals surface area (Å²) >= 11 is 6.14. The van der Waals surface area contributed by atoms with Crippen LogP contribution < -0.4 is 4.74 Å². The molecule has 0 fully saturated rings. The third kappa shape index (κ3) is 3.98. The molecular formula is C20H16ClNO3. The van der Waals surface area contributed by atoms with Crippen LogP contribution in [0.3, 0.4) is 0 Å². The fourth-order valence-corrected chi connectivity index (χ4v) is 2.46. The Morgan fingerprint density at radius 1 is 1.24 bits per heavy atom. The Morgan fingerprint density at radius 3 is 2.72 bits per heavy atom. The van der Waals surface area contributed by atoms with Crippen LogP contribution in [0.2, 0.25) is 5.02 Å². The molecule has 0 N–H and O–H groups in total. The highest BCUT2D eigenvalue weighted by Gasteiger charge is 2.25. The smallest absolute Gasteiger partial charge is 0.363 e. The minimum atomic E-state index is -0.523. The van der Waals surface area contributed by atoms with Gasteiger partial charge in [-0.3, -0.25) is 0 Å². The molecule has 0 unspecified atom stereocenters. The number of esters is 1. The largest absolute Gasteiger partial charge is 0.489 e. The van der Waals surface area contributed by atoms with E-state index >= 15 is 0 Å². The molecule has 126 valence electrons. The maximum absolute atomic E-state index is 12.1. The van der Waals surface area contributed by atoms with Crippen molar-refractivity contribution in [3.8, 4) is 5.75 Å². The quantitative estimate of drug-likeness (QED) is 0.447. The van der Waals surface area contributed by atoms with Gasteiger partial charge in [0.15, 0.2) is 5.70 Å². The molecule has 2 aromatic rings. The summed E-state index contributed by atoms with van der Waals surface area (Å²) in [5.41, 5.74) is 2.41. The topological polar surface area (TPSA) is 47.9 Å². The van der Waals surface area contributed by atoms with Crippen LogP contribution in [-0.4, -0.2) is 18.5 Å². The Morgan fingerprint density at radius 2 is 1.96 bits per heavy atom. The van der Waals surface area contributed by atoms with Crippen molar-refractivity contribution in [2.75, 3.05) is 6.61 Å². The predicted molar refractivity (Wildman–Crippen MR) is 98.8 cm³/mol. The normalized spacial score (nSPS) is 15.0. The molecule has 2 aromatic carbocycles. The molecule has 0 saturated heterocycles. The van der Waals surface area contributed by atoms with Crippen LogP contribution in [0.15, 0.2) is 71.4 Å². The van der Waals surface area contributed by atoms with E-state index in [2.05, 4.69) is 11.6 Å². The van der Waals surface area contributed by atoms with Crippen LogP contribution in [0.1, 0.15) is 18.1 Å². The van der Waals surface area contributed by atoms with Gasteiger partial charge in [-0.1, -0.05) is 48.5 Å². The van der Waals surface area contributed by atoms with Crippen LogP contribution in [0, 0.1) is 0 Å². The van der Waals surface area contributed by atoms with Gasteiger partial charge < -0.3 is 9.47 Å². The second kappa shape index (κ2) is 7.36. The fourth-order valence-electron chi connectivity index (χ4n) is 2.24. The number of halogens is 1. The molecule has 0 spiro atoms. The molecule has 1 aliphatic heterocycles. The highest BCUT2D eigenvalue weighted by molar-refractivity contribution is 6.34. The van der Waals surface area contributed by atoms with E-state index in [0.717, 1.165) is 11.1 Å². The summed E-state index contributed by atoms with van der Waals surface area (Å²) in [6.45, 7) is 6.10. The summed E-state index contributed by atoms with van der Waals surface area (Å²) in [6.07, 6.45) is 1.64. The molecule has 4 nitrogen and oxygen atoms in total. The van der Waals surface area contributed by atoms with Crippen molar-refractivity contribution in [3.63, 3.8) is 0 Å². The predicted octanol–water partition coefficient (Wildman–Crippen LogP) is 4.64. The van der Waals surface area contributed by atoms with Crippen LogP contribution in [0.5, 0.6) is 5.75 Å². The first-order valence-corrected chi connectivity index (χ1v) is 8.06. The lowest BCUT2D eigenvalue weighted by atomic mass is 10.1. The van der Waals surface area contributed by atoms with Gasteiger partial charge in [-0.05, 0) is 36.8 Å². The molecule has 25 heavy (non-hydrogen) atoms. The van der Waals surface area contributed by atoms with Gasteiger partial charge in [0.05, 0.1) is 10.6 Å². The molecule has 5 heteroatoms. The van der Waals surface area contributed by atoms with Crippen molar-refractivity contribution in [2.24, 2.45) is 4.99 Å². The zero-order valence-corrected chi connectivity index (χ0v) is 14.4. The molecular weight excluding hydrogens is 338 g/mol. The van der Waals surface area contributed by atoms with Gasteiger partial charge in [-0.2, -0.15) is 0 Å². The molecule has 1 aliphatic rings. The number of rotatable bonds is 5. The minimum Gasteiger partial charge on any atom is -0.489 e. The minimum absolute atomic E-state index is 0.196. The van der Waals surface area contributed by atoms with Gasteiger partial charge in [0.1, 0.15) is 12.4 Å². The summed E-state index contributed by atoms with van der Waals surface area (Å²) in [5.74, 6) is 0.319. The highest BCUT2D eigenvalue weighted by atomic mass is 35.5. The number of nitrogens with zero attached hydrogens (tertiary/aromatic N) is 1. The first kappa shape index (κ1) is 17.0. The summed E-state index contributed by atoms with van der Waals surface area (Å²) in [5, 5.41) is 0.473. The zero-order valence-electron chi connectivity index (χ0n) is 13.7. The second-order valence-corrected chi connectivity index (χ2v) is 6.01. The van der Waals surface area contributed by atoms with Gasteiger partial charge in [0.25, 0.3) is 0 Å². The maximum atomic E-state index is 12.1. The van der Waals surface area contributed by atoms with E-state index in [1.54, 1.807) is 30.3 Å². The lowest BCUT2D eigenvalue weighted by Crippen LogP contribution is -2.05. The van der Waals surface area contributed by atoms with E-state index in [-0.39, 0.29) is 11.6 Å². The Bertz CT molecular complexity index is 899. The monoisotopic (exact) mass is 353 g/mol. The molecule has 0 atom stereocenters. The zero-order chi connectivity index (χ0) is 17.8. The Hall–Kier alpha value is -2.85. The first-order valence-electron chi connectivity index (χ1n) is 7.68. The molecule has 0 radical (unpaired) electrons. The summed E-state index contributed by atoms with van der Waals surface area (Å²) in [7, 11) is 0. The number of hydrogen-bond donors (Lipinski definition) is 0. The highest BCUT2D eigenvalue weighted by Crippen LogP contribution is 2.26. The maximum Gasteiger partial charge on any atom is 0.363 e. The van der Waals surface area contributed by atoms with Gasteiger partial charge in [0.2, 0.25) is 5.90 Å². The number of aliphatic imine (C=N–C) groups is 1. The molecule has 3 rings (SSSR count). The Kier molecular flexibility index (Phi) is 5.00. The number of benzene rings is 2. The third-order valence-electron chi connectivity index (χ3n) is 3.41. The van der Waals surface area contributed by atoms with Gasteiger partial charge >= 0.3 is 5.97 Å². The number of para-hydroxylation sites is 1. The van der Waals surface area contributed by atoms with Crippen molar-refractivity contribution in [1.29, 1.82) is 0 Å². The van der Waals surface area contributed by atoms with E-state index in [1.807, 2.05) is 31.2 Å². The van der Waals surface area contributed by atoms with Crippen molar-refractivity contribution in [3.05, 3.63) is 82.5 Å². The summed E-state index contributed by atoms with van der Waals surface area (Å²) in [6, 6.07) is 14.5. The standard InChI is InChI=1S/C20H16ClNO3/c1-13(2)12-24-18-10-6-3-7-14(18)11-17-20(23)25-19(22-17)15-8-4-5-9-16(15)21/h3-11H,1,12H2,2H3. The number of cyclic esters (lactones) is 1. The van der Waals surface area contributed by atoms with E-state index in [9.17, 15) is 4.79 Å². The molecule has 0 aromatic heterocycles. The van der Waals surface area contributed by atoms with Gasteiger partial charge in [0, 0.05) is 5.56 Å². The SMILES string of the molecule is C=C(C)COc1ccccc1C=C1N=C(c2ccccc2Cl)OC1=O. The van der Waals surface area contributed by atoms with E-state index in [4.69, 9.17) is 21.1 Å². The average molecular weight is 354 g/mol. The number of ether oxygens (including phenoxy) is 2. The molecule has 1 heterocycles. The molecule has 0 bridgehead atoms. The van der Waals surface area contributed by atoms with Gasteiger partial charge in [-0.25, -0.2) is 9.79 Å². The number of carbonyl (C=O) groups excluding carboxylic acids is 1. The summed E-state index contributed by atoms with van der Waals surface area (Å²) < 4.78 is 11.0. The first-order chi connectivity index (χ1) is 12.0. The van der Waals surface area contributed by atoms with Crippen LogP contribution in [0.25, 0.3) is 6.08 Å². The van der Waals surface area contributed by atoms with Crippen LogP contribution in [0.4, 0.5) is 0 Å². The lowest BCUT2D eigenvalue weighted by molar-refractivity contribution is -0.129. The Labute approximate surface area is 151 Å².